The molecule has 0 atom stereocenters. The minimum atomic E-state index is -0.152. The molecular weight excluding hydrogens is 428 g/mol. The van der Waals surface area contributed by atoms with Crippen molar-refractivity contribution in [3.05, 3.63) is 53.3 Å². The van der Waals surface area contributed by atoms with Crippen LogP contribution < -0.4 is 10.1 Å². The number of nitrogens with one attached hydrogen (secondary N) is 1. The zero-order chi connectivity index (χ0) is 24.6. The third kappa shape index (κ3) is 9.94. The fourth-order valence-electron chi connectivity index (χ4n) is 3.95. The van der Waals surface area contributed by atoms with Crippen molar-refractivity contribution in [2.45, 2.75) is 84.5 Å². The first-order valence-corrected chi connectivity index (χ1v) is 12.7. The van der Waals surface area contributed by atoms with Crippen LogP contribution in [-0.2, 0) is 17.6 Å². The van der Waals surface area contributed by atoms with Crippen LogP contribution in [0.1, 0.15) is 93.1 Å². The van der Waals surface area contributed by atoms with E-state index in [0.29, 0.717) is 36.3 Å². The van der Waals surface area contributed by atoms with Crippen molar-refractivity contribution >= 4 is 11.7 Å². The number of benzene rings is 1. The van der Waals surface area contributed by atoms with E-state index in [1.165, 1.54) is 18.9 Å². The average Bonchev–Trinajstić information content (AvgIpc) is 2.83. The van der Waals surface area contributed by atoms with Crippen LogP contribution in [0.25, 0.3) is 0 Å². The maximum Gasteiger partial charge on any atom is 0.219 e. The molecule has 0 saturated heterocycles. The molecule has 1 aromatic carbocycles. The minimum Gasteiger partial charge on any atom is -0.507 e. The first-order chi connectivity index (χ1) is 16.5. The van der Waals surface area contributed by atoms with E-state index in [1.54, 1.807) is 18.3 Å². The van der Waals surface area contributed by atoms with Gasteiger partial charge in [0, 0.05) is 30.9 Å². The molecule has 186 valence electrons. The van der Waals surface area contributed by atoms with Crippen LogP contribution in [-0.4, -0.2) is 34.9 Å². The van der Waals surface area contributed by atoms with Crippen molar-refractivity contribution in [2.24, 2.45) is 0 Å². The predicted molar refractivity (Wildman–Crippen MR) is 135 cm³/mol. The summed E-state index contributed by atoms with van der Waals surface area (Å²) in [5, 5.41) is 13.4. The van der Waals surface area contributed by atoms with Crippen LogP contribution in [0.4, 0.5) is 0 Å². The molecule has 0 fully saturated rings. The van der Waals surface area contributed by atoms with Crippen molar-refractivity contribution in [3.8, 4) is 11.5 Å². The van der Waals surface area contributed by atoms with Crippen LogP contribution in [0.3, 0.4) is 0 Å². The van der Waals surface area contributed by atoms with Crippen molar-refractivity contribution in [2.75, 3.05) is 13.2 Å². The number of aryl methyl sites for hydroxylation is 1. The van der Waals surface area contributed by atoms with Gasteiger partial charge in [-0.1, -0.05) is 32.3 Å². The van der Waals surface area contributed by atoms with Gasteiger partial charge in [0.15, 0.2) is 5.78 Å². The summed E-state index contributed by atoms with van der Waals surface area (Å²) in [7, 11) is 0. The van der Waals surface area contributed by atoms with E-state index in [0.717, 1.165) is 57.9 Å². The van der Waals surface area contributed by atoms with Gasteiger partial charge in [0.1, 0.15) is 11.5 Å². The van der Waals surface area contributed by atoms with Crippen LogP contribution >= 0.6 is 0 Å². The van der Waals surface area contributed by atoms with Crippen molar-refractivity contribution in [3.63, 3.8) is 0 Å². The Bertz CT molecular complexity index is 883. The maximum atomic E-state index is 12.0. The summed E-state index contributed by atoms with van der Waals surface area (Å²) in [5.41, 5.74) is 2.32. The fraction of sp³-hybridized carbons (Fsp3) is 0.536. The highest BCUT2D eigenvalue weighted by atomic mass is 16.5. The lowest BCUT2D eigenvalue weighted by atomic mass is 10.0. The summed E-state index contributed by atoms with van der Waals surface area (Å²) in [6.45, 7) is 4.75. The Morgan fingerprint density at radius 3 is 2.53 bits per heavy atom. The average molecular weight is 469 g/mol. The van der Waals surface area contributed by atoms with Crippen LogP contribution in [0.2, 0.25) is 0 Å². The Labute approximate surface area is 204 Å². The number of carbonyl (C=O) groups excluding carboxylic acids is 2. The number of ether oxygens (including phenoxy) is 1. The number of pyridine rings is 1. The highest BCUT2D eigenvalue weighted by molar-refractivity contribution is 5.97. The van der Waals surface area contributed by atoms with Gasteiger partial charge < -0.3 is 15.2 Å². The molecule has 0 radical (unpaired) electrons. The van der Waals surface area contributed by atoms with Crippen LogP contribution in [0.15, 0.2) is 36.7 Å². The summed E-state index contributed by atoms with van der Waals surface area (Å²) < 4.78 is 5.88. The lowest BCUT2D eigenvalue weighted by Crippen LogP contribution is -2.24. The summed E-state index contributed by atoms with van der Waals surface area (Å²) in [6, 6.07) is 7.48. The molecule has 1 heterocycles. The number of aromatic hydroxyl groups is 1. The van der Waals surface area contributed by atoms with E-state index in [4.69, 9.17) is 4.74 Å². The number of aromatic nitrogens is 1. The molecule has 0 aliphatic heterocycles. The quantitative estimate of drug-likeness (QED) is 0.226. The Hall–Kier alpha value is -2.89. The predicted octanol–water partition coefficient (Wildman–Crippen LogP) is 5.80. The molecule has 1 amide bonds. The Morgan fingerprint density at radius 1 is 1.00 bits per heavy atom. The number of phenols is 1. The molecule has 2 aromatic rings. The maximum absolute atomic E-state index is 12.0. The standard InChI is InChI=1S/C28H40N2O4/c1-3-12-25-26(17-16-24(22(2)31)28(25)33)34-20-10-6-8-15-27(32)30-19-9-5-4-7-13-23-14-11-18-29-21-23/h11,14,16-18,21,33H,3-10,12-13,15,19-20H2,1-2H3,(H,30,32). The molecule has 6 nitrogen and oxygen atoms in total. The van der Waals surface area contributed by atoms with Gasteiger partial charge in [0.05, 0.1) is 12.2 Å². The highest BCUT2D eigenvalue weighted by Gasteiger charge is 2.15. The fourth-order valence-corrected chi connectivity index (χ4v) is 3.95. The minimum absolute atomic E-state index is 0.0389. The number of nitrogens with zero attached hydrogens (tertiary/aromatic N) is 1. The third-order valence-electron chi connectivity index (χ3n) is 5.86. The zero-order valence-electron chi connectivity index (χ0n) is 20.8. The number of unbranched alkanes of at least 4 members (excludes halogenated alkanes) is 5. The second kappa shape index (κ2) is 15.9. The molecule has 2 rings (SSSR count). The molecule has 0 aliphatic carbocycles. The summed E-state index contributed by atoms with van der Waals surface area (Å²) in [5.74, 6) is 0.645. The Balaban J connectivity index is 1.52. The summed E-state index contributed by atoms with van der Waals surface area (Å²) >= 11 is 0. The number of Topliss-reactive ketones (excluding diaryl/α,β-unsaturated/α-hetero) is 1. The van der Waals surface area contributed by atoms with Gasteiger partial charge in [0.2, 0.25) is 5.91 Å². The summed E-state index contributed by atoms with van der Waals surface area (Å²) in [6.07, 6.45) is 13.9. The van der Waals surface area contributed by atoms with Crippen molar-refractivity contribution in [1.29, 1.82) is 0 Å². The lowest BCUT2D eigenvalue weighted by Gasteiger charge is -2.14. The molecule has 0 aliphatic rings. The molecule has 6 heteroatoms. The van der Waals surface area contributed by atoms with Gasteiger partial charge in [-0.05, 0) is 75.6 Å². The molecule has 0 bridgehead atoms. The number of rotatable bonds is 17. The smallest absolute Gasteiger partial charge is 0.219 e. The van der Waals surface area contributed by atoms with Gasteiger partial charge in [0.25, 0.3) is 0 Å². The number of carbonyl (C=O) groups is 2. The van der Waals surface area contributed by atoms with Gasteiger partial charge >= 0.3 is 0 Å². The van der Waals surface area contributed by atoms with E-state index in [2.05, 4.69) is 16.4 Å². The zero-order valence-corrected chi connectivity index (χ0v) is 20.8. The van der Waals surface area contributed by atoms with E-state index >= 15 is 0 Å². The molecule has 34 heavy (non-hydrogen) atoms. The van der Waals surface area contributed by atoms with E-state index in [1.807, 2.05) is 19.2 Å². The lowest BCUT2D eigenvalue weighted by molar-refractivity contribution is -0.121. The molecule has 0 saturated carbocycles. The van der Waals surface area contributed by atoms with E-state index in [9.17, 15) is 14.7 Å². The Morgan fingerprint density at radius 2 is 1.79 bits per heavy atom. The largest absolute Gasteiger partial charge is 0.507 e. The number of hydrogen-bond donors (Lipinski definition) is 2. The number of hydrogen-bond acceptors (Lipinski definition) is 5. The van der Waals surface area contributed by atoms with Crippen LogP contribution in [0.5, 0.6) is 11.5 Å². The van der Waals surface area contributed by atoms with Gasteiger partial charge in [-0.15, -0.1) is 0 Å². The SMILES string of the molecule is CCCc1c(OCCCCCC(=O)NCCCCCCc2cccnc2)ccc(C(C)=O)c1O. The monoisotopic (exact) mass is 468 g/mol. The number of amides is 1. The Kier molecular flexibility index (Phi) is 12.8. The molecule has 0 spiro atoms. The van der Waals surface area contributed by atoms with Gasteiger partial charge in [-0.3, -0.25) is 14.6 Å². The van der Waals surface area contributed by atoms with Crippen molar-refractivity contribution < 1.29 is 19.4 Å². The molecule has 2 N–H and O–H groups in total. The second-order valence-corrected chi connectivity index (χ2v) is 8.78. The normalized spacial score (nSPS) is 10.8. The molecule has 1 aromatic heterocycles. The van der Waals surface area contributed by atoms with Gasteiger partial charge in [-0.25, -0.2) is 0 Å². The van der Waals surface area contributed by atoms with Crippen molar-refractivity contribution in [1.82, 2.24) is 10.3 Å². The first-order valence-electron chi connectivity index (χ1n) is 12.7. The highest BCUT2D eigenvalue weighted by Crippen LogP contribution is 2.33. The molecular formula is C28H40N2O4. The number of ketones is 1. The molecule has 0 unspecified atom stereocenters. The van der Waals surface area contributed by atoms with Crippen LogP contribution in [0, 0.1) is 0 Å². The van der Waals surface area contributed by atoms with E-state index in [-0.39, 0.29) is 17.4 Å². The number of phenolic OH excluding ortho intramolecular Hbond substituents is 1. The van der Waals surface area contributed by atoms with Gasteiger partial charge in [-0.2, -0.15) is 0 Å². The summed E-state index contributed by atoms with van der Waals surface area (Å²) in [4.78, 5) is 27.8. The topological polar surface area (TPSA) is 88.5 Å². The third-order valence-corrected chi connectivity index (χ3v) is 5.86. The first kappa shape index (κ1) is 27.4. The van der Waals surface area contributed by atoms with E-state index < -0.39 is 0 Å². The second-order valence-electron chi connectivity index (χ2n) is 8.78.